The average Bonchev–Trinajstić information content (AvgIpc) is 2.95. The summed E-state index contributed by atoms with van der Waals surface area (Å²) in [5.74, 6) is 1.70. The minimum absolute atomic E-state index is 0.0289. The van der Waals surface area contributed by atoms with Crippen LogP contribution < -0.4 is 9.47 Å². The Bertz CT molecular complexity index is 1240. The predicted molar refractivity (Wildman–Crippen MR) is 142 cm³/mol. The number of carbonyl (C=O) groups is 2. The van der Waals surface area contributed by atoms with Crippen molar-refractivity contribution in [2.45, 2.75) is 38.6 Å². The van der Waals surface area contributed by atoms with Gasteiger partial charge in [0.1, 0.15) is 0 Å². The first kappa shape index (κ1) is 26.1. The van der Waals surface area contributed by atoms with Gasteiger partial charge >= 0.3 is 0 Å². The van der Waals surface area contributed by atoms with Gasteiger partial charge in [-0.25, -0.2) is 9.97 Å². The number of benzene rings is 2. The molecular formula is C29H34N4O4. The van der Waals surface area contributed by atoms with E-state index in [0.29, 0.717) is 41.4 Å². The molecule has 0 radical (unpaired) electrons. The Kier molecular flexibility index (Phi) is 8.38. The average molecular weight is 503 g/mol. The number of aromatic nitrogens is 2. The molecule has 1 fully saturated rings. The number of rotatable bonds is 8. The number of amides is 2. The number of hydrogen-bond acceptors (Lipinski definition) is 6. The third-order valence-electron chi connectivity index (χ3n) is 6.86. The molecule has 2 amide bonds. The largest absolute Gasteiger partial charge is 0.493 e. The summed E-state index contributed by atoms with van der Waals surface area (Å²) in [6.45, 7) is 3.39. The maximum atomic E-state index is 13.1. The zero-order valence-electron chi connectivity index (χ0n) is 21.9. The maximum Gasteiger partial charge on any atom is 0.257 e. The molecule has 37 heavy (non-hydrogen) atoms. The van der Waals surface area contributed by atoms with E-state index in [9.17, 15) is 9.59 Å². The van der Waals surface area contributed by atoms with Crippen LogP contribution in [0.4, 0.5) is 0 Å². The number of likely N-dealkylation sites (N-methyl/N-ethyl adjacent to an activating group) is 1. The Morgan fingerprint density at radius 2 is 1.76 bits per heavy atom. The van der Waals surface area contributed by atoms with Crippen LogP contribution in [0.5, 0.6) is 11.5 Å². The minimum Gasteiger partial charge on any atom is -0.493 e. The predicted octanol–water partition coefficient (Wildman–Crippen LogP) is 4.49. The number of ether oxygens (including phenoxy) is 2. The highest BCUT2D eigenvalue weighted by Crippen LogP contribution is 2.28. The first-order chi connectivity index (χ1) is 17.9. The van der Waals surface area contributed by atoms with E-state index in [4.69, 9.17) is 9.47 Å². The molecule has 0 bridgehead atoms. The lowest BCUT2D eigenvalue weighted by atomic mass is 10.0. The molecule has 0 aliphatic carbocycles. The van der Waals surface area contributed by atoms with Gasteiger partial charge in [0.2, 0.25) is 0 Å². The van der Waals surface area contributed by atoms with Gasteiger partial charge in [-0.15, -0.1) is 0 Å². The van der Waals surface area contributed by atoms with Crippen molar-refractivity contribution in [1.29, 1.82) is 0 Å². The Hall–Kier alpha value is -3.94. The number of nitrogens with zero attached hydrogens (tertiary/aromatic N) is 4. The molecule has 1 atom stereocenters. The molecule has 3 aromatic rings. The minimum atomic E-state index is -0.0896. The highest BCUT2D eigenvalue weighted by Gasteiger charge is 2.24. The van der Waals surface area contributed by atoms with Gasteiger partial charge in [-0.3, -0.25) is 9.59 Å². The molecule has 1 aliphatic heterocycles. The van der Waals surface area contributed by atoms with Crippen molar-refractivity contribution in [3.63, 3.8) is 0 Å². The van der Waals surface area contributed by atoms with E-state index in [-0.39, 0.29) is 17.9 Å². The lowest BCUT2D eigenvalue weighted by Gasteiger charge is -2.33. The van der Waals surface area contributed by atoms with Crippen molar-refractivity contribution >= 4 is 11.8 Å². The van der Waals surface area contributed by atoms with E-state index in [1.807, 2.05) is 35.2 Å². The Labute approximate surface area is 218 Å². The molecule has 4 rings (SSSR count). The number of likely N-dealkylation sites (tertiary alicyclic amines) is 1. The second-order valence-corrected chi connectivity index (χ2v) is 9.39. The van der Waals surface area contributed by atoms with E-state index in [0.717, 1.165) is 36.9 Å². The first-order valence-electron chi connectivity index (χ1n) is 12.6. The van der Waals surface area contributed by atoms with Crippen molar-refractivity contribution in [3.05, 3.63) is 71.5 Å². The van der Waals surface area contributed by atoms with Crippen LogP contribution in [0.3, 0.4) is 0 Å². The van der Waals surface area contributed by atoms with Crippen LogP contribution in [0.25, 0.3) is 11.4 Å². The monoisotopic (exact) mass is 502 g/mol. The third kappa shape index (κ3) is 6.07. The van der Waals surface area contributed by atoms with E-state index >= 15 is 0 Å². The molecule has 2 aromatic carbocycles. The van der Waals surface area contributed by atoms with E-state index < -0.39 is 0 Å². The summed E-state index contributed by atoms with van der Waals surface area (Å²) in [4.78, 5) is 38.5. The molecule has 8 nitrogen and oxygen atoms in total. The summed E-state index contributed by atoms with van der Waals surface area (Å²) in [6, 6.07) is 13.3. The molecule has 0 spiro atoms. The number of piperidine rings is 1. The highest BCUT2D eigenvalue weighted by atomic mass is 16.5. The van der Waals surface area contributed by atoms with Crippen LogP contribution in [0, 0.1) is 0 Å². The fourth-order valence-corrected chi connectivity index (χ4v) is 4.60. The highest BCUT2D eigenvalue weighted by molar-refractivity contribution is 5.95. The zero-order valence-corrected chi connectivity index (χ0v) is 21.9. The molecule has 1 saturated heterocycles. The van der Waals surface area contributed by atoms with E-state index in [1.54, 1.807) is 50.7 Å². The number of hydrogen-bond donors (Lipinski definition) is 0. The van der Waals surface area contributed by atoms with Gasteiger partial charge in [-0.2, -0.15) is 0 Å². The standard InChI is InChI=1S/C29H34N4O4/c1-20-8-5-6-14-33(20)29(35)24-18-30-27(31-19-24)22-9-7-10-23(17-22)28(34)32(2)15-13-21-11-12-25(36-3)26(16-21)37-4/h7,9-12,16-20H,5-6,8,13-15H2,1-4H3/t20-/m1/s1. The lowest BCUT2D eigenvalue weighted by Crippen LogP contribution is -2.42. The molecular weight excluding hydrogens is 468 g/mol. The van der Waals surface area contributed by atoms with Crippen molar-refractivity contribution < 1.29 is 19.1 Å². The van der Waals surface area contributed by atoms with Gasteiger partial charge in [-0.1, -0.05) is 18.2 Å². The number of carbonyl (C=O) groups excluding carboxylic acids is 2. The van der Waals surface area contributed by atoms with Gasteiger partial charge in [0.15, 0.2) is 17.3 Å². The van der Waals surface area contributed by atoms with Crippen LogP contribution in [-0.2, 0) is 6.42 Å². The molecule has 194 valence electrons. The lowest BCUT2D eigenvalue weighted by molar-refractivity contribution is 0.0634. The van der Waals surface area contributed by atoms with Crippen LogP contribution in [0.15, 0.2) is 54.9 Å². The fraction of sp³-hybridized carbons (Fsp3) is 0.379. The normalized spacial score (nSPS) is 15.2. The zero-order chi connectivity index (χ0) is 26.4. The molecule has 1 aromatic heterocycles. The van der Waals surface area contributed by atoms with Crippen molar-refractivity contribution in [2.75, 3.05) is 34.4 Å². The molecule has 2 heterocycles. The Morgan fingerprint density at radius 1 is 1.00 bits per heavy atom. The summed E-state index contributed by atoms with van der Waals surface area (Å²) in [5.41, 5.74) is 2.82. The van der Waals surface area contributed by atoms with Crippen molar-refractivity contribution in [3.8, 4) is 22.9 Å². The molecule has 0 unspecified atom stereocenters. The topological polar surface area (TPSA) is 84.9 Å². The van der Waals surface area contributed by atoms with Crippen LogP contribution in [0.2, 0.25) is 0 Å². The quantitative estimate of drug-likeness (QED) is 0.451. The SMILES string of the molecule is COc1ccc(CCN(C)C(=O)c2cccc(-c3ncc(C(=O)N4CCCC[C@H]4C)cn3)c2)cc1OC. The Morgan fingerprint density at radius 3 is 2.46 bits per heavy atom. The summed E-state index contributed by atoms with van der Waals surface area (Å²) in [7, 11) is 5.00. The second-order valence-electron chi connectivity index (χ2n) is 9.39. The molecule has 1 aliphatic rings. The molecule has 0 N–H and O–H groups in total. The third-order valence-corrected chi connectivity index (χ3v) is 6.86. The van der Waals surface area contributed by atoms with Crippen LogP contribution in [-0.4, -0.2) is 72.0 Å². The van der Waals surface area contributed by atoms with Crippen LogP contribution >= 0.6 is 0 Å². The van der Waals surface area contributed by atoms with Gasteiger partial charge < -0.3 is 19.3 Å². The summed E-state index contributed by atoms with van der Waals surface area (Å²) >= 11 is 0. The summed E-state index contributed by atoms with van der Waals surface area (Å²) in [6.07, 6.45) is 7.04. The van der Waals surface area contributed by atoms with Crippen LogP contribution in [0.1, 0.15) is 52.5 Å². The fourth-order valence-electron chi connectivity index (χ4n) is 4.60. The summed E-state index contributed by atoms with van der Waals surface area (Å²) < 4.78 is 10.7. The van der Waals surface area contributed by atoms with E-state index in [2.05, 4.69) is 16.9 Å². The van der Waals surface area contributed by atoms with Crippen molar-refractivity contribution in [2.24, 2.45) is 0 Å². The first-order valence-corrected chi connectivity index (χ1v) is 12.6. The van der Waals surface area contributed by atoms with Gasteiger partial charge in [-0.05, 0) is 62.4 Å². The molecule has 0 saturated carbocycles. The van der Waals surface area contributed by atoms with Gasteiger partial charge in [0.25, 0.3) is 11.8 Å². The van der Waals surface area contributed by atoms with Crippen molar-refractivity contribution in [1.82, 2.24) is 19.8 Å². The number of methoxy groups -OCH3 is 2. The van der Waals surface area contributed by atoms with E-state index in [1.165, 1.54) is 0 Å². The second kappa shape index (κ2) is 11.9. The molecule has 8 heteroatoms. The van der Waals surface area contributed by atoms with Gasteiger partial charge in [0.05, 0.1) is 19.8 Å². The smallest absolute Gasteiger partial charge is 0.257 e. The maximum absolute atomic E-state index is 13.1. The Balaban J connectivity index is 1.41. The van der Waals surface area contributed by atoms with Gasteiger partial charge in [0, 0.05) is 49.7 Å². The summed E-state index contributed by atoms with van der Waals surface area (Å²) in [5, 5.41) is 0.